The van der Waals surface area contributed by atoms with Crippen molar-refractivity contribution in [3.05, 3.63) is 57.0 Å². The van der Waals surface area contributed by atoms with E-state index in [0.29, 0.717) is 12.2 Å². The van der Waals surface area contributed by atoms with E-state index in [-0.39, 0.29) is 30.5 Å². The fourth-order valence-corrected chi connectivity index (χ4v) is 2.30. The van der Waals surface area contributed by atoms with E-state index in [1.807, 2.05) is 19.1 Å². The van der Waals surface area contributed by atoms with Crippen LogP contribution < -0.4 is 0 Å². The Hall–Kier alpha value is -2.37. The standard InChI is InChI=1S/C15H17NO5/c1-3-20-15-14(13(17)9-21-15)12(8-16(18)19)11-6-4-10(2)5-7-11/h4-7,12H,3,8-9H2,1-2H3/t12-/m1/s1. The summed E-state index contributed by atoms with van der Waals surface area (Å²) >= 11 is 0. The van der Waals surface area contributed by atoms with Crippen LogP contribution in [0.1, 0.15) is 24.0 Å². The van der Waals surface area contributed by atoms with Gasteiger partial charge in [-0.2, -0.15) is 0 Å². The van der Waals surface area contributed by atoms with Gasteiger partial charge in [-0.05, 0) is 19.4 Å². The van der Waals surface area contributed by atoms with Gasteiger partial charge in [-0.25, -0.2) is 0 Å². The van der Waals surface area contributed by atoms with Crippen molar-refractivity contribution in [2.75, 3.05) is 19.8 Å². The fourth-order valence-electron chi connectivity index (χ4n) is 2.30. The lowest BCUT2D eigenvalue weighted by Crippen LogP contribution is -2.19. The van der Waals surface area contributed by atoms with Crippen LogP contribution in [-0.4, -0.2) is 30.5 Å². The first-order valence-corrected chi connectivity index (χ1v) is 6.74. The van der Waals surface area contributed by atoms with Crippen molar-refractivity contribution in [1.29, 1.82) is 0 Å². The van der Waals surface area contributed by atoms with Gasteiger partial charge >= 0.3 is 0 Å². The van der Waals surface area contributed by atoms with Gasteiger partial charge in [0.15, 0.2) is 6.61 Å². The van der Waals surface area contributed by atoms with E-state index < -0.39 is 10.8 Å². The fraction of sp³-hybridized carbons (Fsp3) is 0.400. The van der Waals surface area contributed by atoms with Gasteiger partial charge in [-0.15, -0.1) is 0 Å². The van der Waals surface area contributed by atoms with Crippen LogP contribution in [0.4, 0.5) is 0 Å². The summed E-state index contributed by atoms with van der Waals surface area (Å²) in [6.07, 6.45) is 0. The van der Waals surface area contributed by atoms with Crippen molar-refractivity contribution in [3.63, 3.8) is 0 Å². The van der Waals surface area contributed by atoms with Gasteiger partial charge in [0.2, 0.25) is 12.3 Å². The number of benzene rings is 1. The largest absolute Gasteiger partial charge is 0.465 e. The molecule has 0 aromatic heterocycles. The molecule has 0 amide bonds. The molecule has 0 saturated heterocycles. The van der Waals surface area contributed by atoms with E-state index in [1.165, 1.54) is 0 Å². The topological polar surface area (TPSA) is 78.7 Å². The van der Waals surface area contributed by atoms with E-state index in [0.717, 1.165) is 5.56 Å². The van der Waals surface area contributed by atoms with Crippen LogP contribution in [0, 0.1) is 17.0 Å². The van der Waals surface area contributed by atoms with Crippen molar-refractivity contribution < 1.29 is 19.2 Å². The second kappa shape index (κ2) is 6.39. The molecule has 0 aliphatic carbocycles. The molecule has 21 heavy (non-hydrogen) atoms. The molecule has 6 nitrogen and oxygen atoms in total. The molecule has 1 aliphatic heterocycles. The first-order valence-electron chi connectivity index (χ1n) is 6.74. The third-order valence-electron chi connectivity index (χ3n) is 3.29. The van der Waals surface area contributed by atoms with E-state index >= 15 is 0 Å². The maximum absolute atomic E-state index is 12.0. The van der Waals surface area contributed by atoms with Crippen LogP contribution in [0.3, 0.4) is 0 Å². The molecule has 1 aromatic rings. The molecule has 1 aliphatic rings. The Morgan fingerprint density at radius 2 is 2.05 bits per heavy atom. The molecule has 6 heteroatoms. The highest BCUT2D eigenvalue weighted by atomic mass is 16.7. The van der Waals surface area contributed by atoms with Crippen LogP contribution >= 0.6 is 0 Å². The summed E-state index contributed by atoms with van der Waals surface area (Å²) in [4.78, 5) is 22.6. The molecule has 0 saturated carbocycles. The Morgan fingerprint density at radius 1 is 1.38 bits per heavy atom. The zero-order valence-electron chi connectivity index (χ0n) is 12.0. The third kappa shape index (κ3) is 3.39. The molecule has 1 heterocycles. The van der Waals surface area contributed by atoms with Crippen LogP contribution in [-0.2, 0) is 14.3 Å². The molecule has 0 unspecified atom stereocenters. The number of ether oxygens (including phenoxy) is 2. The SMILES string of the molecule is CCOC1=C([C@H](C[N+](=O)[O-])c2ccc(C)cc2)C(=O)CO1. The average molecular weight is 291 g/mol. The number of Topliss-reactive ketones (excluding diaryl/α,β-unsaturated/α-hetero) is 1. The molecule has 2 rings (SSSR count). The minimum absolute atomic E-state index is 0.120. The maximum atomic E-state index is 12.0. The minimum atomic E-state index is -0.655. The summed E-state index contributed by atoms with van der Waals surface area (Å²) in [6, 6.07) is 7.32. The van der Waals surface area contributed by atoms with Gasteiger partial charge in [0, 0.05) is 4.92 Å². The predicted molar refractivity (Wildman–Crippen MR) is 75.4 cm³/mol. The molecular formula is C15H17NO5. The molecule has 1 aromatic carbocycles. The van der Waals surface area contributed by atoms with Gasteiger partial charge in [0.1, 0.15) is 0 Å². The van der Waals surface area contributed by atoms with Gasteiger partial charge < -0.3 is 9.47 Å². The molecule has 0 fully saturated rings. The van der Waals surface area contributed by atoms with Crippen LogP contribution in [0.2, 0.25) is 0 Å². The van der Waals surface area contributed by atoms with Crippen LogP contribution in [0.15, 0.2) is 35.8 Å². The van der Waals surface area contributed by atoms with Gasteiger partial charge in [0.05, 0.1) is 18.1 Å². The molecule has 0 bridgehead atoms. The molecule has 0 radical (unpaired) electrons. The van der Waals surface area contributed by atoms with Crippen molar-refractivity contribution in [3.8, 4) is 0 Å². The van der Waals surface area contributed by atoms with Crippen molar-refractivity contribution in [1.82, 2.24) is 0 Å². The highest BCUT2D eigenvalue weighted by Crippen LogP contribution is 2.32. The summed E-state index contributed by atoms with van der Waals surface area (Å²) in [6.45, 7) is 3.55. The lowest BCUT2D eigenvalue weighted by Gasteiger charge is -2.14. The zero-order chi connectivity index (χ0) is 15.4. The Labute approximate surface area is 122 Å². The molecule has 0 N–H and O–H groups in total. The highest BCUT2D eigenvalue weighted by Gasteiger charge is 2.36. The number of hydrogen-bond acceptors (Lipinski definition) is 5. The number of hydrogen-bond donors (Lipinski definition) is 0. The van der Waals surface area contributed by atoms with Crippen molar-refractivity contribution >= 4 is 5.78 Å². The number of ketones is 1. The second-order valence-corrected chi connectivity index (χ2v) is 4.82. The Balaban J connectivity index is 2.43. The van der Waals surface area contributed by atoms with Crippen molar-refractivity contribution in [2.45, 2.75) is 19.8 Å². The number of nitro groups is 1. The Morgan fingerprint density at radius 3 is 2.62 bits per heavy atom. The normalized spacial score (nSPS) is 15.8. The summed E-state index contributed by atoms with van der Waals surface area (Å²) in [5.41, 5.74) is 2.02. The first kappa shape index (κ1) is 15.0. The molecule has 0 spiro atoms. The van der Waals surface area contributed by atoms with Crippen molar-refractivity contribution in [2.24, 2.45) is 0 Å². The van der Waals surface area contributed by atoms with Gasteiger partial charge in [-0.1, -0.05) is 29.8 Å². The monoisotopic (exact) mass is 291 g/mol. The number of carbonyl (C=O) groups excluding carboxylic acids is 1. The van der Waals surface area contributed by atoms with Crippen LogP contribution in [0.25, 0.3) is 0 Å². The lowest BCUT2D eigenvalue weighted by molar-refractivity contribution is -0.481. The van der Waals surface area contributed by atoms with E-state index in [1.54, 1.807) is 19.1 Å². The third-order valence-corrected chi connectivity index (χ3v) is 3.29. The van der Waals surface area contributed by atoms with Gasteiger partial charge in [0.25, 0.3) is 5.95 Å². The number of rotatable bonds is 6. The number of carbonyl (C=O) groups is 1. The highest BCUT2D eigenvalue weighted by molar-refractivity contribution is 5.99. The zero-order valence-corrected chi connectivity index (χ0v) is 12.0. The quantitative estimate of drug-likeness (QED) is 0.593. The Bertz CT molecular complexity index is 576. The molecular weight excluding hydrogens is 274 g/mol. The lowest BCUT2D eigenvalue weighted by atomic mass is 9.89. The smallest absolute Gasteiger partial charge is 0.287 e. The summed E-state index contributed by atoms with van der Waals surface area (Å²) < 4.78 is 10.5. The van der Waals surface area contributed by atoms with Crippen LogP contribution in [0.5, 0.6) is 0 Å². The van der Waals surface area contributed by atoms with E-state index in [9.17, 15) is 14.9 Å². The summed E-state index contributed by atoms with van der Waals surface area (Å²) in [5, 5.41) is 11.0. The minimum Gasteiger partial charge on any atom is -0.465 e. The summed E-state index contributed by atoms with van der Waals surface area (Å²) in [5.74, 6) is -0.794. The number of nitrogens with zero attached hydrogens (tertiary/aromatic N) is 1. The maximum Gasteiger partial charge on any atom is 0.287 e. The first-order chi connectivity index (χ1) is 10.0. The number of aryl methyl sites for hydroxylation is 1. The van der Waals surface area contributed by atoms with E-state index in [4.69, 9.17) is 9.47 Å². The molecule has 112 valence electrons. The predicted octanol–water partition coefficient (Wildman–Crippen LogP) is 2.20. The Kier molecular flexibility index (Phi) is 4.57. The second-order valence-electron chi connectivity index (χ2n) is 4.82. The van der Waals surface area contributed by atoms with E-state index in [2.05, 4.69) is 0 Å². The molecule has 1 atom stereocenters. The average Bonchev–Trinajstić information content (AvgIpc) is 2.79. The van der Waals surface area contributed by atoms with Gasteiger partial charge in [-0.3, -0.25) is 14.9 Å². The summed E-state index contributed by atoms with van der Waals surface area (Å²) in [7, 11) is 0.